The number of nitrogens with zero attached hydrogens (tertiary/aromatic N) is 1. The summed E-state index contributed by atoms with van der Waals surface area (Å²) in [6.07, 6.45) is 0.938. The number of rotatable bonds is 0. The van der Waals surface area contributed by atoms with Gasteiger partial charge in [0.2, 0.25) is 0 Å². The fourth-order valence-electron chi connectivity index (χ4n) is 1.33. The second-order valence-corrected chi connectivity index (χ2v) is 3.38. The topological polar surface area (TPSA) is 47.6 Å². The second-order valence-electron chi connectivity index (χ2n) is 3.38. The van der Waals surface area contributed by atoms with E-state index >= 15 is 0 Å². The summed E-state index contributed by atoms with van der Waals surface area (Å²) >= 11 is 0. The van der Waals surface area contributed by atoms with Gasteiger partial charge in [-0.15, -0.1) is 0 Å². The molecule has 1 unspecified atom stereocenters. The first kappa shape index (κ1) is 7.38. The molecule has 58 valence electrons. The van der Waals surface area contributed by atoms with Crippen molar-refractivity contribution < 1.29 is 4.74 Å². The third-order valence-electron chi connectivity index (χ3n) is 1.52. The van der Waals surface area contributed by atoms with Gasteiger partial charge in [-0.05, 0) is 20.8 Å². The Balaban J connectivity index is 2.70. The minimum absolute atomic E-state index is 0.134. The van der Waals surface area contributed by atoms with Crippen molar-refractivity contribution in [2.75, 3.05) is 0 Å². The van der Waals surface area contributed by atoms with Crippen molar-refractivity contribution in [1.82, 2.24) is 0 Å². The van der Waals surface area contributed by atoms with Gasteiger partial charge in [-0.25, -0.2) is 4.99 Å². The largest absolute Gasteiger partial charge is 0.459 e. The van der Waals surface area contributed by atoms with E-state index in [9.17, 15) is 0 Å². The van der Waals surface area contributed by atoms with E-state index in [1.54, 1.807) is 0 Å². The van der Waals surface area contributed by atoms with Crippen LogP contribution in [0, 0.1) is 0 Å². The van der Waals surface area contributed by atoms with E-state index in [2.05, 4.69) is 4.99 Å². The summed E-state index contributed by atoms with van der Waals surface area (Å²) in [6.45, 7) is 6.08. The van der Waals surface area contributed by atoms with Gasteiger partial charge in [0.25, 0.3) is 6.02 Å². The SMILES string of the molecule is CC1CC(C)(C)OC(N)=N1. The zero-order valence-corrected chi connectivity index (χ0v) is 6.72. The first-order chi connectivity index (χ1) is 4.49. The Hall–Kier alpha value is -0.730. The quantitative estimate of drug-likeness (QED) is 0.546. The van der Waals surface area contributed by atoms with Gasteiger partial charge in [-0.2, -0.15) is 0 Å². The lowest BCUT2D eigenvalue weighted by molar-refractivity contribution is 0.0624. The summed E-state index contributed by atoms with van der Waals surface area (Å²) in [5.74, 6) is 0. The van der Waals surface area contributed by atoms with Gasteiger partial charge in [-0.3, -0.25) is 0 Å². The van der Waals surface area contributed by atoms with Crippen molar-refractivity contribution in [3.63, 3.8) is 0 Å². The molecule has 0 spiro atoms. The molecule has 3 heteroatoms. The van der Waals surface area contributed by atoms with Gasteiger partial charge < -0.3 is 10.5 Å². The molecule has 0 amide bonds. The van der Waals surface area contributed by atoms with Crippen LogP contribution in [-0.2, 0) is 4.74 Å². The van der Waals surface area contributed by atoms with Gasteiger partial charge in [-0.1, -0.05) is 0 Å². The van der Waals surface area contributed by atoms with Gasteiger partial charge in [0.1, 0.15) is 5.60 Å². The maximum atomic E-state index is 5.43. The highest BCUT2D eigenvalue weighted by Gasteiger charge is 2.27. The van der Waals surface area contributed by atoms with Crippen molar-refractivity contribution >= 4 is 6.02 Å². The van der Waals surface area contributed by atoms with Crippen molar-refractivity contribution in [3.8, 4) is 0 Å². The molecule has 0 saturated carbocycles. The molecule has 0 aromatic carbocycles. The van der Waals surface area contributed by atoms with Gasteiger partial charge in [0.15, 0.2) is 0 Å². The molecule has 0 bridgehead atoms. The molecule has 0 aromatic rings. The van der Waals surface area contributed by atoms with Crippen LogP contribution in [0.1, 0.15) is 27.2 Å². The van der Waals surface area contributed by atoms with Crippen LogP contribution in [0.4, 0.5) is 0 Å². The normalized spacial score (nSPS) is 30.7. The number of nitrogens with two attached hydrogens (primary N) is 1. The molecule has 0 saturated heterocycles. The summed E-state index contributed by atoms with van der Waals surface area (Å²) in [5, 5.41) is 0. The second kappa shape index (κ2) is 2.15. The number of ether oxygens (including phenoxy) is 1. The van der Waals surface area contributed by atoms with E-state index in [0.717, 1.165) is 6.42 Å². The lowest BCUT2D eigenvalue weighted by atomic mass is 9.99. The zero-order chi connectivity index (χ0) is 7.78. The highest BCUT2D eigenvalue weighted by atomic mass is 16.5. The zero-order valence-electron chi connectivity index (χ0n) is 6.72. The van der Waals surface area contributed by atoms with Gasteiger partial charge >= 0.3 is 0 Å². The van der Waals surface area contributed by atoms with E-state index in [4.69, 9.17) is 10.5 Å². The lowest BCUT2D eigenvalue weighted by Crippen LogP contribution is -2.39. The van der Waals surface area contributed by atoms with Crippen molar-refractivity contribution in [3.05, 3.63) is 0 Å². The van der Waals surface area contributed by atoms with Crippen LogP contribution in [0.15, 0.2) is 4.99 Å². The highest BCUT2D eigenvalue weighted by molar-refractivity contribution is 5.72. The molecule has 2 N–H and O–H groups in total. The van der Waals surface area contributed by atoms with Crippen LogP contribution >= 0.6 is 0 Å². The minimum atomic E-state index is -0.134. The van der Waals surface area contributed by atoms with Crippen LogP contribution < -0.4 is 5.73 Å². The van der Waals surface area contributed by atoms with Crippen LogP contribution in [0.5, 0.6) is 0 Å². The van der Waals surface area contributed by atoms with E-state index in [1.807, 2.05) is 20.8 Å². The predicted molar refractivity (Wildman–Crippen MR) is 40.9 cm³/mol. The number of hydrogen-bond donors (Lipinski definition) is 1. The monoisotopic (exact) mass is 142 g/mol. The number of amidine groups is 1. The Morgan fingerprint density at radius 3 is 2.70 bits per heavy atom. The lowest BCUT2D eigenvalue weighted by Gasteiger charge is -2.31. The molecule has 1 rings (SSSR count). The molecular weight excluding hydrogens is 128 g/mol. The van der Waals surface area contributed by atoms with E-state index < -0.39 is 0 Å². The van der Waals surface area contributed by atoms with Gasteiger partial charge in [0.05, 0.1) is 6.04 Å². The van der Waals surface area contributed by atoms with Crippen LogP contribution in [0.25, 0.3) is 0 Å². The summed E-state index contributed by atoms with van der Waals surface area (Å²) in [4.78, 5) is 4.05. The predicted octanol–water partition coefficient (Wildman–Crippen LogP) is 0.888. The molecule has 1 atom stereocenters. The minimum Gasteiger partial charge on any atom is -0.459 e. The Morgan fingerprint density at radius 1 is 1.70 bits per heavy atom. The van der Waals surface area contributed by atoms with Crippen LogP contribution in [0.3, 0.4) is 0 Å². The fourth-order valence-corrected chi connectivity index (χ4v) is 1.33. The summed E-state index contributed by atoms with van der Waals surface area (Å²) in [6, 6.07) is 0.618. The van der Waals surface area contributed by atoms with Crippen molar-refractivity contribution in [2.45, 2.75) is 38.8 Å². The maximum Gasteiger partial charge on any atom is 0.282 e. The first-order valence-electron chi connectivity index (χ1n) is 3.52. The molecule has 1 aliphatic heterocycles. The molecule has 0 aliphatic carbocycles. The summed E-state index contributed by atoms with van der Waals surface area (Å²) in [7, 11) is 0. The summed E-state index contributed by atoms with van der Waals surface area (Å²) in [5.41, 5.74) is 5.29. The molecule has 0 aromatic heterocycles. The van der Waals surface area contributed by atoms with E-state index in [0.29, 0.717) is 12.1 Å². The molecule has 3 nitrogen and oxygen atoms in total. The van der Waals surface area contributed by atoms with Gasteiger partial charge in [0, 0.05) is 6.42 Å². The molecule has 1 heterocycles. The Bertz CT molecular complexity index is 163. The third-order valence-corrected chi connectivity index (χ3v) is 1.52. The smallest absolute Gasteiger partial charge is 0.282 e. The Labute approximate surface area is 61.3 Å². The molecule has 0 fully saturated rings. The number of aliphatic imine (C=N–C) groups is 1. The molecule has 10 heavy (non-hydrogen) atoms. The fraction of sp³-hybridized carbons (Fsp3) is 0.857. The molecule has 1 aliphatic rings. The van der Waals surface area contributed by atoms with Crippen LogP contribution in [-0.4, -0.2) is 17.7 Å². The summed E-state index contributed by atoms with van der Waals surface area (Å²) < 4.78 is 5.27. The van der Waals surface area contributed by atoms with Crippen LogP contribution in [0.2, 0.25) is 0 Å². The molecular formula is C7H14N2O. The average Bonchev–Trinajstić information content (AvgIpc) is 1.54. The van der Waals surface area contributed by atoms with E-state index in [-0.39, 0.29) is 5.60 Å². The van der Waals surface area contributed by atoms with Crippen molar-refractivity contribution in [1.29, 1.82) is 0 Å². The maximum absolute atomic E-state index is 5.43. The first-order valence-corrected chi connectivity index (χ1v) is 3.52. The average molecular weight is 142 g/mol. The van der Waals surface area contributed by atoms with E-state index in [1.165, 1.54) is 0 Å². The number of hydrogen-bond acceptors (Lipinski definition) is 3. The standard InChI is InChI=1S/C7H14N2O/c1-5-4-7(2,3)10-6(8)9-5/h5H,4H2,1-3H3,(H2,8,9). The van der Waals surface area contributed by atoms with Crippen molar-refractivity contribution in [2.24, 2.45) is 10.7 Å². The third kappa shape index (κ3) is 1.62. The Morgan fingerprint density at radius 2 is 2.30 bits per heavy atom. The Kier molecular flexibility index (Phi) is 1.58. The highest BCUT2D eigenvalue weighted by Crippen LogP contribution is 2.22. The molecule has 0 radical (unpaired) electrons.